The summed E-state index contributed by atoms with van der Waals surface area (Å²) in [5, 5.41) is -0.0996. The summed E-state index contributed by atoms with van der Waals surface area (Å²) in [6.07, 6.45) is 3.81. The predicted octanol–water partition coefficient (Wildman–Crippen LogP) is 3.66. The van der Waals surface area contributed by atoms with Crippen molar-refractivity contribution in [2.24, 2.45) is 0 Å². The van der Waals surface area contributed by atoms with Crippen molar-refractivity contribution in [2.75, 3.05) is 31.6 Å². The number of hydrogen-bond acceptors (Lipinski definition) is 4. The van der Waals surface area contributed by atoms with Crippen molar-refractivity contribution in [3.8, 4) is 0 Å². The van der Waals surface area contributed by atoms with E-state index in [0.29, 0.717) is 11.5 Å². The molecular weight excluding hydrogens is 374 g/mol. The lowest BCUT2D eigenvalue weighted by molar-refractivity contribution is 0.0464. The maximum Gasteiger partial charge on any atom is 0.253 e. The first kappa shape index (κ1) is 19.5. The fraction of sp³-hybridized carbons (Fsp3) is 0.421. The molecular formula is C19H21ClF2N4O. The molecule has 1 aliphatic heterocycles. The Morgan fingerprint density at radius 1 is 1.30 bits per heavy atom. The van der Waals surface area contributed by atoms with Crippen LogP contribution in [0.1, 0.15) is 28.8 Å². The van der Waals surface area contributed by atoms with Gasteiger partial charge in [0.25, 0.3) is 5.91 Å². The van der Waals surface area contributed by atoms with Gasteiger partial charge in [-0.1, -0.05) is 11.6 Å². The summed E-state index contributed by atoms with van der Waals surface area (Å²) in [5.41, 5.74) is -0.187. The van der Waals surface area contributed by atoms with Gasteiger partial charge in [-0.15, -0.1) is 0 Å². The summed E-state index contributed by atoms with van der Waals surface area (Å²) in [6, 6.07) is 3.86. The Balaban J connectivity index is 1.60. The van der Waals surface area contributed by atoms with E-state index in [9.17, 15) is 9.18 Å². The minimum absolute atomic E-state index is 0.0996. The van der Waals surface area contributed by atoms with Crippen molar-refractivity contribution in [3.63, 3.8) is 0 Å². The van der Waals surface area contributed by atoms with Crippen molar-refractivity contribution in [3.05, 3.63) is 52.6 Å². The zero-order chi connectivity index (χ0) is 19.6. The number of likely N-dealkylation sites (tertiary alicyclic amines) is 1. The number of benzene rings is 1. The van der Waals surface area contributed by atoms with Crippen molar-refractivity contribution in [1.82, 2.24) is 14.9 Å². The van der Waals surface area contributed by atoms with E-state index in [1.54, 1.807) is 29.2 Å². The molecule has 0 radical (unpaired) electrons. The quantitative estimate of drug-likeness (QED) is 0.794. The second-order valence-electron chi connectivity index (χ2n) is 6.99. The molecule has 0 atom stereocenters. The molecule has 27 heavy (non-hydrogen) atoms. The van der Waals surface area contributed by atoms with Crippen LogP contribution in [0.4, 0.5) is 14.7 Å². The Hall–Kier alpha value is -2.28. The zero-order valence-electron chi connectivity index (χ0n) is 15.3. The number of alkyl halides is 1. The van der Waals surface area contributed by atoms with Crippen LogP contribution in [0.3, 0.4) is 0 Å². The smallest absolute Gasteiger partial charge is 0.253 e. The first-order chi connectivity index (χ1) is 12.8. The molecule has 3 rings (SSSR count). The van der Waals surface area contributed by atoms with E-state index in [1.807, 2.05) is 6.92 Å². The maximum atomic E-state index is 15.2. The SMILES string of the molecule is Cc1cnc(N(C)CC2(F)CCN(C(=O)c3ccc(F)c(Cl)c3)CC2)nc1. The van der Waals surface area contributed by atoms with Gasteiger partial charge in [-0.2, -0.15) is 0 Å². The average molecular weight is 395 g/mol. The van der Waals surface area contributed by atoms with Gasteiger partial charge in [0.1, 0.15) is 11.5 Å². The summed E-state index contributed by atoms with van der Waals surface area (Å²) < 4.78 is 28.5. The van der Waals surface area contributed by atoms with E-state index >= 15 is 4.39 Å². The molecule has 1 aromatic heterocycles. The molecule has 0 saturated carbocycles. The van der Waals surface area contributed by atoms with Gasteiger partial charge >= 0.3 is 0 Å². The molecule has 2 aromatic rings. The van der Waals surface area contributed by atoms with Crippen LogP contribution in [0.2, 0.25) is 5.02 Å². The average Bonchev–Trinajstić information content (AvgIpc) is 2.64. The van der Waals surface area contributed by atoms with Crippen LogP contribution >= 0.6 is 11.6 Å². The van der Waals surface area contributed by atoms with Crippen LogP contribution < -0.4 is 4.90 Å². The number of halogens is 3. The fourth-order valence-corrected chi connectivity index (χ4v) is 3.34. The molecule has 2 heterocycles. The molecule has 1 amide bonds. The van der Waals surface area contributed by atoms with Crippen LogP contribution in [0.25, 0.3) is 0 Å². The highest BCUT2D eigenvalue weighted by atomic mass is 35.5. The molecule has 1 aromatic carbocycles. The topological polar surface area (TPSA) is 49.3 Å². The predicted molar refractivity (Wildman–Crippen MR) is 100 cm³/mol. The molecule has 0 unspecified atom stereocenters. The number of piperidine rings is 1. The van der Waals surface area contributed by atoms with Crippen LogP contribution in [0.5, 0.6) is 0 Å². The highest BCUT2D eigenvalue weighted by Crippen LogP contribution is 2.29. The number of rotatable bonds is 4. The molecule has 0 spiro atoms. The van der Waals surface area contributed by atoms with Crippen LogP contribution in [-0.2, 0) is 0 Å². The molecule has 1 saturated heterocycles. The van der Waals surface area contributed by atoms with Crippen molar-refractivity contribution in [1.29, 1.82) is 0 Å². The van der Waals surface area contributed by atoms with Gasteiger partial charge in [0.15, 0.2) is 0 Å². The summed E-state index contributed by atoms with van der Waals surface area (Å²) >= 11 is 5.74. The van der Waals surface area contributed by atoms with E-state index in [0.717, 1.165) is 11.6 Å². The van der Waals surface area contributed by atoms with Gasteiger partial charge in [-0.05, 0) is 30.7 Å². The number of amides is 1. The van der Waals surface area contributed by atoms with E-state index < -0.39 is 11.5 Å². The number of carbonyl (C=O) groups is 1. The van der Waals surface area contributed by atoms with Crippen LogP contribution in [0.15, 0.2) is 30.6 Å². The lowest BCUT2D eigenvalue weighted by atomic mass is 9.92. The number of nitrogens with zero attached hydrogens (tertiary/aromatic N) is 4. The Bertz CT molecular complexity index is 823. The summed E-state index contributed by atoms with van der Waals surface area (Å²) in [6.45, 7) is 2.61. The lowest BCUT2D eigenvalue weighted by Gasteiger charge is -2.38. The van der Waals surface area contributed by atoms with E-state index in [4.69, 9.17) is 11.6 Å². The molecule has 0 bridgehead atoms. The number of aryl methyl sites for hydroxylation is 1. The number of hydrogen-bond donors (Lipinski definition) is 0. The second-order valence-corrected chi connectivity index (χ2v) is 7.40. The van der Waals surface area contributed by atoms with Gasteiger partial charge < -0.3 is 9.80 Å². The molecule has 1 aliphatic rings. The monoisotopic (exact) mass is 394 g/mol. The largest absolute Gasteiger partial charge is 0.341 e. The number of aromatic nitrogens is 2. The van der Waals surface area contributed by atoms with E-state index in [2.05, 4.69) is 9.97 Å². The zero-order valence-corrected chi connectivity index (χ0v) is 16.0. The van der Waals surface area contributed by atoms with E-state index in [1.165, 1.54) is 12.1 Å². The Morgan fingerprint density at radius 2 is 1.93 bits per heavy atom. The molecule has 5 nitrogen and oxygen atoms in total. The third-order valence-electron chi connectivity index (χ3n) is 4.74. The molecule has 0 aliphatic carbocycles. The van der Waals surface area contributed by atoms with Gasteiger partial charge in [0, 0.05) is 50.9 Å². The minimum Gasteiger partial charge on any atom is -0.341 e. The standard InChI is InChI=1S/C19H21ClF2N4O/c1-13-10-23-18(24-11-13)25(2)12-19(22)5-7-26(8-6-19)17(27)14-3-4-16(21)15(20)9-14/h3-4,9-11H,5-8,12H2,1-2H3. The number of anilines is 1. The van der Waals surface area contributed by atoms with Gasteiger partial charge in [0.2, 0.25) is 5.95 Å². The second kappa shape index (κ2) is 7.76. The summed E-state index contributed by atoms with van der Waals surface area (Å²) in [4.78, 5) is 24.2. The lowest BCUT2D eigenvalue weighted by Crippen LogP contribution is -2.49. The van der Waals surface area contributed by atoms with Crippen LogP contribution in [-0.4, -0.2) is 53.1 Å². The van der Waals surface area contributed by atoms with Crippen molar-refractivity contribution < 1.29 is 13.6 Å². The van der Waals surface area contributed by atoms with Crippen LogP contribution in [0, 0.1) is 12.7 Å². The van der Waals surface area contributed by atoms with Crippen molar-refractivity contribution in [2.45, 2.75) is 25.4 Å². The highest BCUT2D eigenvalue weighted by Gasteiger charge is 2.37. The highest BCUT2D eigenvalue weighted by molar-refractivity contribution is 6.31. The maximum absolute atomic E-state index is 15.2. The van der Waals surface area contributed by atoms with Gasteiger partial charge in [-0.25, -0.2) is 18.7 Å². The molecule has 144 valence electrons. The normalized spacial score (nSPS) is 16.3. The third kappa shape index (κ3) is 4.53. The Morgan fingerprint density at radius 3 is 2.52 bits per heavy atom. The van der Waals surface area contributed by atoms with Gasteiger partial charge in [-0.3, -0.25) is 4.79 Å². The number of carbonyl (C=O) groups excluding carboxylic acids is 1. The van der Waals surface area contributed by atoms with Gasteiger partial charge in [0.05, 0.1) is 11.6 Å². The fourth-order valence-electron chi connectivity index (χ4n) is 3.16. The first-order valence-corrected chi connectivity index (χ1v) is 9.08. The van der Waals surface area contributed by atoms with Crippen molar-refractivity contribution >= 4 is 23.5 Å². The summed E-state index contributed by atoms with van der Waals surface area (Å²) in [5.74, 6) is -0.373. The van der Waals surface area contributed by atoms with E-state index in [-0.39, 0.29) is 43.4 Å². The third-order valence-corrected chi connectivity index (χ3v) is 5.03. The molecule has 1 fully saturated rings. The molecule has 0 N–H and O–H groups in total. The first-order valence-electron chi connectivity index (χ1n) is 8.70. The minimum atomic E-state index is -1.43. The Labute approximate surface area is 162 Å². The summed E-state index contributed by atoms with van der Waals surface area (Å²) in [7, 11) is 1.75. The Kier molecular flexibility index (Phi) is 5.60. The molecule has 8 heteroatoms.